The van der Waals surface area contributed by atoms with Crippen molar-refractivity contribution in [2.24, 2.45) is 0 Å². The number of anilines is 1. The maximum atomic E-state index is 5.93. The predicted molar refractivity (Wildman–Crippen MR) is 151 cm³/mol. The minimum Gasteiger partial charge on any atom is -0.497 e. The van der Waals surface area contributed by atoms with E-state index in [0.717, 1.165) is 47.6 Å². The molecule has 1 N–H and O–H groups in total. The van der Waals surface area contributed by atoms with Gasteiger partial charge < -0.3 is 14.8 Å². The lowest BCUT2D eigenvalue weighted by Gasteiger charge is -2.26. The van der Waals surface area contributed by atoms with Crippen molar-refractivity contribution in [3.8, 4) is 11.8 Å². The van der Waals surface area contributed by atoms with E-state index in [1.807, 2.05) is 35.1 Å². The molecule has 1 saturated heterocycles. The molecule has 0 radical (unpaired) electrons. The van der Waals surface area contributed by atoms with E-state index < -0.39 is 0 Å². The van der Waals surface area contributed by atoms with Gasteiger partial charge in [-0.25, -0.2) is 4.68 Å². The molecule has 5 rings (SSSR count). The zero-order chi connectivity index (χ0) is 26.2. The van der Waals surface area contributed by atoms with Crippen molar-refractivity contribution in [3.05, 3.63) is 71.4 Å². The summed E-state index contributed by atoms with van der Waals surface area (Å²) in [4.78, 5) is 12.0. The zero-order valence-electron chi connectivity index (χ0n) is 22.5. The van der Waals surface area contributed by atoms with Gasteiger partial charge >= 0.3 is 6.01 Å². The fraction of sp³-hybridized carbons (Fsp3) is 0.433. The Morgan fingerprint density at radius 1 is 0.921 bits per heavy atom. The van der Waals surface area contributed by atoms with Crippen LogP contribution in [0.3, 0.4) is 0 Å². The van der Waals surface area contributed by atoms with Crippen molar-refractivity contribution in [1.82, 2.24) is 24.6 Å². The van der Waals surface area contributed by atoms with Gasteiger partial charge in [-0.3, -0.25) is 4.90 Å². The zero-order valence-corrected chi connectivity index (χ0v) is 22.5. The molecule has 8 nitrogen and oxygen atoms in total. The molecule has 1 aliphatic heterocycles. The smallest absolute Gasteiger partial charge is 0.320 e. The third-order valence-corrected chi connectivity index (χ3v) is 7.00. The second-order valence-electron chi connectivity index (χ2n) is 9.95. The van der Waals surface area contributed by atoms with Crippen LogP contribution in [0.25, 0.3) is 11.0 Å². The molecule has 0 bridgehead atoms. The third-order valence-electron chi connectivity index (χ3n) is 7.00. The summed E-state index contributed by atoms with van der Waals surface area (Å²) in [5, 5.41) is 9.06. The molecule has 200 valence electrons. The molecule has 2 aromatic carbocycles. The van der Waals surface area contributed by atoms with E-state index >= 15 is 0 Å². The fourth-order valence-electron chi connectivity index (χ4n) is 4.86. The van der Waals surface area contributed by atoms with Crippen LogP contribution in [0, 0.1) is 0 Å². The standard InChI is InChI=1S/C30H38N6O2/c1-3-4-17-38-30-33-28(31-19-23-11-13-26(37-2)14-12-23)27-20-32-36(29(27)34-30)22-25-10-8-9-24(18-25)21-35-15-6-5-7-16-35/h8-14,18,20H,3-7,15-17,19,21-22H2,1-2H3,(H,31,33,34). The van der Waals surface area contributed by atoms with Crippen molar-refractivity contribution in [2.45, 2.75) is 58.7 Å². The molecule has 1 aliphatic rings. The number of piperidine rings is 1. The van der Waals surface area contributed by atoms with Gasteiger partial charge in [0.05, 0.1) is 31.8 Å². The summed E-state index contributed by atoms with van der Waals surface area (Å²) in [5.41, 5.74) is 4.46. The Morgan fingerprint density at radius 3 is 2.47 bits per heavy atom. The van der Waals surface area contributed by atoms with Crippen LogP contribution >= 0.6 is 0 Å². The van der Waals surface area contributed by atoms with Gasteiger partial charge in [0.25, 0.3) is 0 Å². The first-order chi connectivity index (χ1) is 18.7. The molecule has 4 aromatic rings. The van der Waals surface area contributed by atoms with Crippen LogP contribution in [0.1, 0.15) is 55.7 Å². The largest absolute Gasteiger partial charge is 0.497 e. The molecule has 1 fully saturated rings. The molecule has 3 heterocycles. The van der Waals surface area contributed by atoms with Crippen LogP contribution < -0.4 is 14.8 Å². The van der Waals surface area contributed by atoms with Gasteiger partial charge in [0.15, 0.2) is 5.65 Å². The lowest BCUT2D eigenvalue weighted by Crippen LogP contribution is -2.29. The SMILES string of the molecule is CCCCOc1nc(NCc2ccc(OC)cc2)c2cnn(Cc3cccc(CN4CCCCC4)c3)c2n1. The van der Waals surface area contributed by atoms with Crippen LogP contribution in [0.4, 0.5) is 5.82 Å². The maximum absolute atomic E-state index is 5.93. The summed E-state index contributed by atoms with van der Waals surface area (Å²) in [7, 11) is 1.67. The van der Waals surface area contributed by atoms with Gasteiger partial charge in [0, 0.05) is 13.1 Å². The number of hydrogen-bond donors (Lipinski definition) is 1. The topological polar surface area (TPSA) is 77.3 Å². The van der Waals surface area contributed by atoms with E-state index in [2.05, 4.69) is 41.4 Å². The summed E-state index contributed by atoms with van der Waals surface area (Å²) in [6.45, 7) is 7.38. The number of aromatic nitrogens is 4. The van der Waals surface area contributed by atoms with Crippen molar-refractivity contribution >= 4 is 16.9 Å². The van der Waals surface area contributed by atoms with E-state index in [4.69, 9.17) is 24.5 Å². The highest BCUT2D eigenvalue weighted by Crippen LogP contribution is 2.25. The molecule has 2 aromatic heterocycles. The number of ether oxygens (including phenoxy) is 2. The Hall–Kier alpha value is -3.65. The number of methoxy groups -OCH3 is 1. The first-order valence-corrected chi connectivity index (χ1v) is 13.7. The maximum Gasteiger partial charge on any atom is 0.320 e. The number of benzene rings is 2. The first kappa shape index (κ1) is 26.0. The summed E-state index contributed by atoms with van der Waals surface area (Å²) < 4.78 is 13.2. The normalized spacial score (nSPS) is 14.1. The number of unbranched alkanes of at least 4 members (excludes halogenated alkanes) is 1. The molecule has 0 atom stereocenters. The number of nitrogens with zero attached hydrogens (tertiary/aromatic N) is 5. The molecule has 0 unspecified atom stereocenters. The van der Waals surface area contributed by atoms with E-state index in [-0.39, 0.29) is 0 Å². The first-order valence-electron chi connectivity index (χ1n) is 13.7. The van der Waals surface area contributed by atoms with Crippen LogP contribution in [0.5, 0.6) is 11.8 Å². The molecule has 8 heteroatoms. The fourth-order valence-corrected chi connectivity index (χ4v) is 4.86. The summed E-state index contributed by atoms with van der Waals surface area (Å²) in [5.74, 6) is 1.56. The summed E-state index contributed by atoms with van der Waals surface area (Å²) in [6, 6.07) is 17.2. The second-order valence-corrected chi connectivity index (χ2v) is 9.95. The summed E-state index contributed by atoms with van der Waals surface area (Å²) in [6.07, 6.45) is 7.81. The Balaban J connectivity index is 1.37. The van der Waals surface area contributed by atoms with Gasteiger partial charge in [0.1, 0.15) is 11.6 Å². The lowest BCUT2D eigenvalue weighted by atomic mass is 10.1. The Labute approximate surface area is 225 Å². The third kappa shape index (κ3) is 6.61. The van der Waals surface area contributed by atoms with Gasteiger partial charge in [-0.05, 0) is 61.2 Å². The highest BCUT2D eigenvalue weighted by molar-refractivity contribution is 5.86. The van der Waals surface area contributed by atoms with Gasteiger partial charge in [0.2, 0.25) is 0 Å². The number of rotatable bonds is 12. The molecular weight excluding hydrogens is 476 g/mol. The second kappa shape index (κ2) is 12.7. The Kier molecular flexibility index (Phi) is 8.71. The Bertz CT molecular complexity index is 1310. The number of likely N-dealkylation sites (tertiary alicyclic amines) is 1. The van der Waals surface area contributed by atoms with Crippen molar-refractivity contribution in [3.63, 3.8) is 0 Å². The van der Waals surface area contributed by atoms with Crippen LogP contribution in [0.2, 0.25) is 0 Å². The van der Waals surface area contributed by atoms with Gasteiger partial charge in [-0.15, -0.1) is 0 Å². The highest BCUT2D eigenvalue weighted by Gasteiger charge is 2.15. The molecule has 0 aliphatic carbocycles. The minimum atomic E-state index is 0.379. The van der Waals surface area contributed by atoms with Crippen LogP contribution in [0.15, 0.2) is 54.7 Å². The quantitative estimate of drug-likeness (QED) is 0.244. The van der Waals surface area contributed by atoms with Crippen molar-refractivity contribution in [2.75, 3.05) is 32.1 Å². The van der Waals surface area contributed by atoms with E-state index in [1.165, 1.54) is 43.5 Å². The lowest BCUT2D eigenvalue weighted by molar-refractivity contribution is 0.221. The molecular formula is C30H38N6O2. The van der Waals surface area contributed by atoms with Gasteiger partial charge in [-0.1, -0.05) is 56.2 Å². The average molecular weight is 515 g/mol. The minimum absolute atomic E-state index is 0.379. The number of fused-ring (bicyclic) bond motifs is 1. The average Bonchev–Trinajstić information content (AvgIpc) is 3.35. The molecule has 38 heavy (non-hydrogen) atoms. The van der Waals surface area contributed by atoms with Gasteiger partial charge in [-0.2, -0.15) is 15.1 Å². The highest BCUT2D eigenvalue weighted by atomic mass is 16.5. The molecule has 0 amide bonds. The van der Waals surface area contributed by atoms with Crippen LogP contribution in [-0.2, 0) is 19.6 Å². The summed E-state index contributed by atoms with van der Waals surface area (Å²) >= 11 is 0. The van der Waals surface area contributed by atoms with E-state index in [1.54, 1.807) is 7.11 Å². The molecule has 0 spiro atoms. The van der Waals surface area contributed by atoms with Crippen molar-refractivity contribution < 1.29 is 9.47 Å². The predicted octanol–water partition coefficient (Wildman–Crippen LogP) is 5.66. The number of hydrogen-bond acceptors (Lipinski definition) is 7. The van der Waals surface area contributed by atoms with Crippen molar-refractivity contribution in [1.29, 1.82) is 0 Å². The Morgan fingerprint density at radius 2 is 1.71 bits per heavy atom. The molecule has 0 saturated carbocycles. The number of nitrogens with one attached hydrogen (secondary N) is 1. The monoisotopic (exact) mass is 514 g/mol. The van der Waals surface area contributed by atoms with Crippen LogP contribution in [-0.4, -0.2) is 51.5 Å². The van der Waals surface area contributed by atoms with E-state index in [9.17, 15) is 0 Å². The van der Waals surface area contributed by atoms with E-state index in [0.29, 0.717) is 25.7 Å².